The van der Waals surface area contributed by atoms with E-state index in [2.05, 4.69) is 0 Å². The van der Waals surface area contributed by atoms with E-state index in [1.807, 2.05) is 4.90 Å². The maximum Gasteiger partial charge on any atom is 0.223 e. The van der Waals surface area contributed by atoms with E-state index in [0.717, 1.165) is 19.4 Å². The van der Waals surface area contributed by atoms with E-state index < -0.39 is 0 Å². The van der Waals surface area contributed by atoms with Crippen molar-refractivity contribution in [2.45, 2.75) is 25.3 Å². The molecule has 1 N–H and O–H groups in total. The van der Waals surface area contributed by atoms with Crippen molar-refractivity contribution in [3.8, 4) is 0 Å². The SMILES string of the molecule is O=C1CC(CO)C2CCCN12. The van der Waals surface area contributed by atoms with E-state index in [1.165, 1.54) is 0 Å². The first-order valence-corrected chi connectivity index (χ1v) is 4.23. The first kappa shape index (κ1) is 7.10. The van der Waals surface area contributed by atoms with Crippen LogP contribution in [-0.2, 0) is 4.79 Å². The van der Waals surface area contributed by atoms with Crippen molar-refractivity contribution in [2.24, 2.45) is 5.92 Å². The van der Waals surface area contributed by atoms with Crippen molar-refractivity contribution in [1.82, 2.24) is 4.90 Å². The van der Waals surface area contributed by atoms with Crippen LogP contribution in [0.1, 0.15) is 19.3 Å². The van der Waals surface area contributed by atoms with Gasteiger partial charge in [0.05, 0.1) is 0 Å². The van der Waals surface area contributed by atoms with Crippen LogP contribution in [0.4, 0.5) is 0 Å². The van der Waals surface area contributed by atoms with E-state index in [-0.39, 0.29) is 18.4 Å². The summed E-state index contributed by atoms with van der Waals surface area (Å²) < 4.78 is 0. The molecule has 0 bridgehead atoms. The standard InChI is InChI=1S/C8H13NO2/c10-5-6-4-8(11)9-3-1-2-7(6)9/h6-7,10H,1-5H2. The monoisotopic (exact) mass is 155 g/mol. The van der Waals surface area contributed by atoms with Gasteiger partial charge in [-0.2, -0.15) is 0 Å². The zero-order valence-corrected chi connectivity index (χ0v) is 6.49. The molecular weight excluding hydrogens is 142 g/mol. The molecule has 0 radical (unpaired) electrons. The van der Waals surface area contributed by atoms with Crippen molar-refractivity contribution < 1.29 is 9.90 Å². The Balaban J connectivity index is 2.13. The molecule has 0 saturated carbocycles. The van der Waals surface area contributed by atoms with Crippen molar-refractivity contribution in [2.75, 3.05) is 13.2 Å². The van der Waals surface area contributed by atoms with Crippen LogP contribution in [0.15, 0.2) is 0 Å². The molecule has 2 aliphatic rings. The highest BCUT2D eigenvalue weighted by Crippen LogP contribution is 2.32. The van der Waals surface area contributed by atoms with Gasteiger partial charge in [-0.05, 0) is 12.8 Å². The van der Waals surface area contributed by atoms with Gasteiger partial charge in [0.25, 0.3) is 0 Å². The number of carbonyl (C=O) groups is 1. The highest BCUT2D eigenvalue weighted by Gasteiger charge is 2.41. The fourth-order valence-electron chi connectivity index (χ4n) is 2.26. The highest BCUT2D eigenvalue weighted by molar-refractivity contribution is 5.79. The third kappa shape index (κ3) is 0.948. The number of nitrogens with zero attached hydrogens (tertiary/aromatic N) is 1. The van der Waals surface area contributed by atoms with E-state index >= 15 is 0 Å². The molecule has 3 nitrogen and oxygen atoms in total. The second-order valence-corrected chi connectivity index (χ2v) is 3.44. The molecular formula is C8H13NO2. The summed E-state index contributed by atoms with van der Waals surface area (Å²) in [5.41, 5.74) is 0. The van der Waals surface area contributed by atoms with Crippen LogP contribution in [0, 0.1) is 5.92 Å². The van der Waals surface area contributed by atoms with E-state index in [9.17, 15) is 4.79 Å². The fraction of sp³-hybridized carbons (Fsp3) is 0.875. The van der Waals surface area contributed by atoms with Crippen LogP contribution >= 0.6 is 0 Å². The fourth-order valence-corrected chi connectivity index (χ4v) is 2.26. The van der Waals surface area contributed by atoms with Gasteiger partial charge in [0.1, 0.15) is 0 Å². The van der Waals surface area contributed by atoms with Crippen LogP contribution < -0.4 is 0 Å². The van der Waals surface area contributed by atoms with E-state index in [0.29, 0.717) is 12.5 Å². The lowest BCUT2D eigenvalue weighted by molar-refractivity contribution is -0.127. The maximum atomic E-state index is 11.2. The van der Waals surface area contributed by atoms with Crippen molar-refractivity contribution >= 4 is 5.91 Å². The molecule has 0 aromatic rings. The summed E-state index contributed by atoms with van der Waals surface area (Å²) >= 11 is 0. The number of amides is 1. The van der Waals surface area contributed by atoms with Gasteiger partial charge >= 0.3 is 0 Å². The third-order valence-corrected chi connectivity index (χ3v) is 2.84. The summed E-state index contributed by atoms with van der Waals surface area (Å²) in [4.78, 5) is 13.2. The summed E-state index contributed by atoms with van der Waals surface area (Å²) in [5, 5.41) is 8.95. The topological polar surface area (TPSA) is 40.5 Å². The second kappa shape index (κ2) is 2.48. The van der Waals surface area contributed by atoms with Gasteiger partial charge in [0.2, 0.25) is 5.91 Å². The molecule has 0 aromatic heterocycles. The van der Waals surface area contributed by atoms with Gasteiger partial charge in [0, 0.05) is 31.5 Å². The smallest absolute Gasteiger partial charge is 0.223 e. The Morgan fingerprint density at radius 2 is 2.45 bits per heavy atom. The maximum absolute atomic E-state index is 11.2. The summed E-state index contributed by atoms with van der Waals surface area (Å²) in [5.74, 6) is 0.469. The first-order chi connectivity index (χ1) is 5.33. The minimum atomic E-state index is 0.174. The van der Waals surface area contributed by atoms with Crippen molar-refractivity contribution in [3.63, 3.8) is 0 Å². The Labute approximate surface area is 66.0 Å². The number of aliphatic hydroxyl groups excluding tert-OH is 1. The molecule has 3 heteroatoms. The zero-order chi connectivity index (χ0) is 7.84. The van der Waals surface area contributed by atoms with Gasteiger partial charge < -0.3 is 10.0 Å². The number of fused-ring (bicyclic) bond motifs is 1. The predicted octanol–water partition coefficient (Wildman–Crippen LogP) is -0.0104. The number of carbonyl (C=O) groups excluding carboxylic acids is 1. The largest absolute Gasteiger partial charge is 0.396 e. The molecule has 2 heterocycles. The van der Waals surface area contributed by atoms with E-state index in [4.69, 9.17) is 5.11 Å². The normalized spacial score (nSPS) is 36.5. The molecule has 0 spiro atoms. The molecule has 2 aliphatic heterocycles. The highest BCUT2D eigenvalue weighted by atomic mass is 16.3. The van der Waals surface area contributed by atoms with Crippen LogP contribution in [-0.4, -0.2) is 35.1 Å². The second-order valence-electron chi connectivity index (χ2n) is 3.44. The molecule has 62 valence electrons. The van der Waals surface area contributed by atoms with Crippen molar-refractivity contribution in [3.05, 3.63) is 0 Å². The lowest BCUT2D eigenvalue weighted by Crippen LogP contribution is -2.29. The zero-order valence-electron chi connectivity index (χ0n) is 6.49. The minimum absolute atomic E-state index is 0.174. The quantitative estimate of drug-likeness (QED) is 0.578. The van der Waals surface area contributed by atoms with Gasteiger partial charge in [-0.1, -0.05) is 0 Å². The molecule has 2 fully saturated rings. The van der Waals surface area contributed by atoms with Gasteiger partial charge in [-0.15, -0.1) is 0 Å². The number of rotatable bonds is 1. The van der Waals surface area contributed by atoms with Crippen LogP contribution in [0.25, 0.3) is 0 Å². The predicted molar refractivity (Wildman–Crippen MR) is 39.9 cm³/mol. The average Bonchev–Trinajstić information content (AvgIpc) is 2.54. The van der Waals surface area contributed by atoms with Gasteiger partial charge in [-0.3, -0.25) is 4.79 Å². The molecule has 11 heavy (non-hydrogen) atoms. The molecule has 0 aromatic carbocycles. The molecule has 2 saturated heterocycles. The van der Waals surface area contributed by atoms with Crippen molar-refractivity contribution in [1.29, 1.82) is 0 Å². The Bertz CT molecular complexity index is 181. The lowest BCUT2D eigenvalue weighted by Gasteiger charge is -2.17. The first-order valence-electron chi connectivity index (χ1n) is 4.23. The lowest BCUT2D eigenvalue weighted by atomic mass is 10.00. The molecule has 2 atom stereocenters. The Morgan fingerprint density at radius 1 is 1.64 bits per heavy atom. The summed E-state index contributed by atoms with van der Waals surface area (Å²) in [6, 6.07) is 0.368. The Hall–Kier alpha value is -0.570. The average molecular weight is 155 g/mol. The van der Waals surface area contributed by atoms with Crippen LogP contribution in [0.5, 0.6) is 0 Å². The third-order valence-electron chi connectivity index (χ3n) is 2.84. The molecule has 2 rings (SSSR count). The molecule has 1 amide bonds. The van der Waals surface area contributed by atoms with Crippen LogP contribution in [0.3, 0.4) is 0 Å². The Kier molecular flexibility index (Phi) is 1.60. The summed E-state index contributed by atoms with van der Waals surface area (Å²) in [6.07, 6.45) is 2.78. The molecule has 2 unspecified atom stereocenters. The minimum Gasteiger partial charge on any atom is -0.396 e. The van der Waals surface area contributed by atoms with Crippen LogP contribution in [0.2, 0.25) is 0 Å². The van der Waals surface area contributed by atoms with Gasteiger partial charge in [-0.25, -0.2) is 0 Å². The molecule has 0 aliphatic carbocycles. The summed E-state index contributed by atoms with van der Waals surface area (Å²) in [6.45, 7) is 1.09. The number of hydrogen-bond acceptors (Lipinski definition) is 2. The van der Waals surface area contributed by atoms with Gasteiger partial charge in [0.15, 0.2) is 0 Å². The van der Waals surface area contributed by atoms with E-state index in [1.54, 1.807) is 0 Å². The Morgan fingerprint density at radius 3 is 3.18 bits per heavy atom. The summed E-state index contributed by atoms with van der Waals surface area (Å²) in [7, 11) is 0. The number of aliphatic hydroxyl groups is 1. The number of hydrogen-bond donors (Lipinski definition) is 1.